The Bertz CT molecular complexity index is 1590. The molecule has 0 fully saturated rings. The third kappa shape index (κ3) is 7.45. The average Bonchev–Trinajstić information content (AvgIpc) is 2.95. The predicted octanol–water partition coefficient (Wildman–Crippen LogP) is 8.12. The van der Waals surface area contributed by atoms with Crippen LogP contribution in [0.4, 0.5) is 55.9 Å². The van der Waals surface area contributed by atoms with Gasteiger partial charge in [-0.15, -0.1) is 0 Å². The number of hydrogen-bond acceptors (Lipinski definition) is 6. The highest BCUT2D eigenvalue weighted by atomic mass is 19.4. The van der Waals surface area contributed by atoms with Crippen LogP contribution in [0.25, 0.3) is 0 Å². The van der Waals surface area contributed by atoms with Crippen molar-refractivity contribution in [3.05, 3.63) is 81.7 Å². The fraction of sp³-hybridized carbons (Fsp3) is 0.379. The van der Waals surface area contributed by atoms with Crippen LogP contribution in [0, 0.1) is 0 Å². The van der Waals surface area contributed by atoms with Crippen molar-refractivity contribution in [2.75, 3.05) is 16.8 Å². The molecular formula is C29H25F9N4O4. The lowest BCUT2D eigenvalue weighted by atomic mass is 9.89. The number of fused-ring (bicyclic) bond motifs is 1. The van der Waals surface area contributed by atoms with Crippen LogP contribution in [-0.4, -0.2) is 39.8 Å². The molecule has 2 aromatic carbocycles. The first kappa shape index (κ1) is 34.3. The maximum atomic E-state index is 13.7. The Balaban J connectivity index is 1.79. The summed E-state index contributed by atoms with van der Waals surface area (Å²) in [5.41, 5.74) is -5.82. The number of aromatic carboxylic acids is 1. The molecule has 46 heavy (non-hydrogen) atoms. The summed E-state index contributed by atoms with van der Waals surface area (Å²) in [5, 5.41) is 12.4. The van der Waals surface area contributed by atoms with E-state index in [9.17, 15) is 54.2 Å². The Labute approximate surface area is 255 Å². The van der Waals surface area contributed by atoms with E-state index in [2.05, 4.69) is 15.3 Å². The topological polar surface area (TPSA) is 105 Å². The van der Waals surface area contributed by atoms with Gasteiger partial charge < -0.3 is 15.2 Å². The van der Waals surface area contributed by atoms with Crippen molar-refractivity contribution in [1.29, 1.82) is 0 Å². The predicted molar refractivity (Wildman–Crippen MR) is 144 cm³/mol. The van der Waals surface area contributed by atoms with Crippen LogP contribution < -0.4 is 10.2 Å². The number of hydrogen-bond donors (Lipinski definition) is 2. The van der Waals surface area contributed by atoms with Gasteiger partial charge in [-0.2, -0.15) is 39.5 Å². The van der Waals surface area contributed by atoms with E-state index in [1.54, 1.807) is 13.8 Å². The molecule has 0 bridgehead atoms. The van der Waals surface area contributed by atoms with Crippen LogP contribution in [0.5, 0.6) is 0 Å². The number of aromatic nitrogens is 2. The smallest absolute Gasteiger partial charge is 0.416 e. The van der Waals surface area contributed by atoms with Crippen LogP contribution in [0.2, 0.25) is 0 Å². The number of carbonyl (C=O) groups is 2. The van der Waals surface area contributed by atoms with Gasteiger partial charge in [0.1, 0.15) is 0 Å². The van der Waals surface area contributed by atoms with Crippen LogP contribution in [0.1, 0.15) is 76.6 Å². The Hall–Kier alpha value is -4.57. The number of nitrogens with one attached hydrogen (secondary N) is 1. The summed E-state index contributed by atoms with van der Waals surface area (Å²) < 4.78 is 127. The summed E-state index contributed by atoms with van der Waals surface area (Å²) in [6.07, 6.45) is -15.5. The molecule has 1 aliphatic heterocycles. The average molecular weight is 665 g/mol. The SMILES string of the molecule is CCOC(=O)N1c2ccc(C(F)(F)F)cc2[C@@H](Nc2ncc(C(=O)O)c(Cc3cc(C(F)(F)F)cc(C(F)(F)F)c3)n2)C[C@H]1CC. The molecule has 2 atom stereocenters. The van der Waals surface area contributed by atoms with Crippen molar-refractivity contribution in [1.82, 2.24) is 9.97 Å². The van der Waals surface area contributed by atoms with Gasteiger partial charge in [0.05, 0.1) is 46.3 Å². The maximum absolute atomic E-state index is 13.7. The summed E-state index contributed by atoms with van der Waals surface area (Å²) >= 11 is 0. The Morgan fingerprint density at radius 3 is 2.07 bits per heavy atom. The maximum Gasteiger partial charge on any atom is 0.416 e. The normalized spacial score (nSPS) is 17.0. The molecule has 1 aromatic heterocycles. The lowest BCUT2D eigenvalue weighted by molar-refractivity contribution is -0.143. The van der Waals surface area contributed by atoms with E-state index in [-0.39, 0.29) is 36.3 Å². The molecule has 0 aliphatic carbocycles. The molecule has 2 N–H and O–H groups in total. The van der Waals surface area contributed by atoms with E-state index >= 15 is 0 Å². The molecule has 0 saturated heterocycles. The monoisotopic (exact) mass is 664 g/mol. The van der Waals surface area contributed by atoms with E-state index in [4.69, 9.17) is 4.74 Å². The number of nitrogens with zero attached hydrogens (tertiary/aromatic N) is 3. The summed E-state index contributed by atoms with van der Waals surface area (Å²) in [6, 6.07) is 1.92. The van der Waals surface area contributed by atoms with E-state index in [1.807, 2.05) is 0 Å². The quantitative estimate of drug-likeness (QED) is 0.246. The molecule has 0 saturated carbocycles. The van der Waals surface area contributed by atoms with Gasteiger partial charge in [0.25, 0.3) is 0 Å². The van der Waals surface area contributed by atoms with Crippen molar-refractivity contribution in [3.8, 4) is 0 Å². The number of carboxylic acid groups (broad SMARTS) is 1. The van der Waals surface area contributed by atoms with Gasteiger partial charge in [-0.25, -0.2) is 19.6 Å². The molecule has 3 aromatic rings. The molecule has 4 rings (SSSR count). The minimum absolute atomic E-state index is 0.00553. The second-order valence-electron chi connectivity index (χ2n) is 10.3. The highest BCUT2D eigenvalue weighted by molar-refractivity contribution is 5.91. The number of rotatable bonds is 7. The molecule has 1 aliphatic rings. The minimum Gasteiger partial charge on any atom is -0.478 e. The Kier molecular flexibility index (Phi) is 9.45. The van der Waals surface area contributed by atoms with Crippen LogP contribution in [0.15, 0.2) is 42.6 Å². The molecule has 8 nitrogen and oxygen atoms in total. The number of amides is 1. The standard InChI is InChI=1S/C29H25F9N4O4/c1-3-18-12-22(19-11-15(27(30,31)32)5-6-23(19)42(18)26(45)46-4-2)41-25-39-13-20(24(43)44)21(40-25)9-14-7-16(28(33,34)35)10-17(8-14)29(36,37)38/h5-8,10-11,13,18,22H,3-4,9,12H2,1-2H3,(H,43,44)(H,39,40,41)/t18-,22+/m1/s1. The molecule has 1 amide bonds. The zero-order valence-electron chi connectivity index (χ0n) is 23.9. The summed E-state index contributed by atoms with van der Waals surface area (Å²) in [5.74, 6) is -1.99. The molecular weight excluding hydrogens is 639 g/mol. The first-order chi connectivity index (χ1) is 21.3. The number of alkyl halides is 9. The summed E-state index contributed by atoms with van der Waals surface area (Å²) in [4.78, 5) is 33.9. The Morgan fingerprint density at radius 2 is 1.54 bits per heavy atom. The second kappa shape index (κ2) is 12.7. The van der Waals surface area contributed by atoms with Crippen molar-refractivity contribution < 1.29 is 58.9 Å². The van der Waals surface area contributed by atoms with Gasteiger partial charge in [-0.1, -0.05) is 6.92 Å². The van der Waals surface area contributed by atoms with E-state index < -0.39 is 82.6 Å². The number of carboxylic acids is 1. The van der Waals surface area contributed by atoms with E-state index in [1.165, 1.54) is 4.90 Å². The number of halogens is 9. The molecule has 248 valence electrons. The summed E-state index contributed by atoms with van der Waals surface area (Å²) in [6.45, 7) is 3.27. The molecule has 0 spiro atoms. The van der Waals surface area contributed by atoms with E-state index in [0.717, 1.165) is 24.4 Å². The second-order valence-corrected chi connectivity index (χ2v) is 10.3. The van der Waals surface area contributed by atoms with Crippen LogP contribution >= 0.6 is 0 Å². The number of anilines is 2. The zero-order chi connectivity index (χ0) is 34.2. The van der Waals surface area contributed by atoms with Gasteiger partial charge in [0.15, 0.2) is 0 Å². The first-order valence-corrected chi connectivity index (χ1v) is 13.6. The highest BCUT2D eigenvalue weighted by Gasteiger charge is 2.40. The van der Waals surface area contributed by atoms with Crippen LogP contribution in [0.3, 0.4) is 0 Å². The van der Waals surface area contributed by atoms with Gasteiger partial charge in [0.2, 0.25) is 5.95 Å². The van der Waals surface area contributed by atoms with Crippen molar-refractivity contribution in [2.24, 2.45) is 0 Å². The van der Waals surface area contributed by atoms with Crippen molar-refractivity contribution in [3.63, 3.8) is 0 Å². The fourth-order valence-corrected chi connectivity index (χ4v) is 5.13. The lowest BCUT2D eigenvalue weighted by Crippen LogP contribution is -2.46. The van der Waals surface area contributed by atoms with E-state index in [0.29, 0.717) is 18.6 Å². The number of benzene rings is 2. The van der Waals surface area contributed by atoms with Crippen molar-refractivity contribution in [2.45, 2.75) is 63.7 Å². The van der Waals surface area contributed by atoms with Gasteiger partial charge in [-0.3, -0.25) is 4.90 Å². The Morgan fingerprint density at radius 1 is 0.935 bits per heavy atom. The number of carbonyl (C=O) groups excluding carboxylic acids is 1. The number of ether oxygens (including phenoxy) is 1. The molecule has 17 heteroatoms. The van der Waals surface area contributed by atoms with Crippen LogP contribution in [-0.2, 0) is 29.7 Å². The van der Waals surface area contributed by atoms with Crippen molar-refractivity contribution >= 4 is 23.7 Å². The summed E-state index contributed by atoms with van der Waals surface area (Å²) in [7, 11) is 0. The van der Waals surface area contributed by atoms with Gasteiger partial charge in [0, 0.05) is 18.7 Å². The van der Waals surface area contributed by atoms with Gasteiger partial charge in [-0.05, 0) is 67.3 Å². The third-order valence-electron chi connectivity index (χ3n) is 7.22. The molecule has 2 heterocycles. The minimum atomic E-state index is -5.15. The third-order valence-corrected chi connectivity index (χ3v) is 7.22. The molecule has 0 unspecified atom stereocenters. The fourth-order valence-electron chi connectivity index (χ4n) is 5.13. The highest BCUT2D eigenvalue weighted by Crippen LogP contribution is 2.43. The molecule has 0 radical (unpaired) electrons. The lowest BCUT2D eigenvalue weighted by Gasteiger charge is -2.40. The largest absolute Gasteiger partial charge is 0.478 e. The van der Waals surface area contributed by atoms with Gasteiger partial charge >= 0.3 is 30.6 Å². The first-order valence-electron chi connectivity index (χ1n) is 13.6. The zero-order valence-corrected chi connectivity index (χ0v) is 23.9.